The molecule has 14 heteroatoms. The smallest absolute Gasteiger partial charge is 0.544 e. The van der Waals surface area contributed by atoms with Crippen molar-refractivity contribution >= 4 is 87.1 Å². The van der Waals surface area contributed by atoms with E-state index in [2.05, 4.69) is 36.7 Å². The third-order valence-corrected chi connectivity index (χ3v) is 11.1. The standard InChI is InChI=1S/C27H14F3N2O2.2C14H9N2O.Ir/c28-27(29,30)19-9-11-20(12-10-19)33-26-22-14-17-6-2-1-5-16(17)13-21(22)25(31-32-26)24-15-18-7-3-4-8-23(18)34-24;2*1-9(17)14-13-7-11-5-3-2-4-10(11)6-12(13)8-15-16-14;/h1-14H;2*1-8,17H;/q3*-1;+3. The first-order valence-corrected chi connectivity index (χ1v) is 20.8. The van der Waals surface area contributed by atoms with Crippen molar-refractivity contribution in [1.29, 1.82) is 0 Å². The Labute approximate surface area is 404 Å². The summed E-state index contributed by atoms with van der Waals surface area (Å²) in [5.74, 6) is 0.229. The average molecular weight is 1090 g/mol. The fraction of sp³-hybridized carbons (Fsp3) is 0.0182. The number of fused-ring (bicyclic) bond motifs is 7. The van der Waals surface area contributed by atoms with Crippen LogP contribution in [0.2, 0.25) is 0 Å². The molecule has 0 unspecified atom stereocenters. The van der Waals surface area contributed by atoms with Crippen LogP contribution in [0.25, 0.3) is 98.6 Å². The van der Waals surface area contributed by atoms with Gasteiger partial charge in [0.25, 0.3) is 0 Å². The van der Waals surface area contributed by atoms with E-state index in [0.29, 0.717) is 33.8 Å². The zero-order valence-electron chi connectivity index (χ0n) is 35.7. The van der Waals surface area contributed by atoms with Crippen molar-refractivity contribution in [2.75, 3.05) is 0 Å². The third kappa shape index (κ3) is 9.39. The Morgan fingerprint density at radius 2 is 0.971 bits per heavy atom. The minimum absolute atomic E-state index is 0. The van der Waals surface area contributed by atoms with Crippen LogP contribution >= 0.6 is 0 Å². The summed E-state index contributed by atoms with van der Waals surface area (Å²) in [6.07, 6.45) is -1.10. The third-order valence-electron chi connectivity index (χ3n) is 11.1. The topological polar surface area (TPSA) is 140 Å². The van der Waals surface area contributed by atoms with Gasteiger partial charge in [0, 0.05) is 11.0 Å². The summed E-state index contributed by atoms with van der Waals surface area (Å²) in [5.41, 5.74) is 1.08. The molecule has 0 aliphatic rings. The zero-order valence-corrected chi connectivity index (χ0v) is 38.1. The van der Waals surface area contributed by atoms with Crippen molar-refractivity contribution in [1.82, 2.24) is 30.6 Å². The number of aliphatic hydroxyl groups is 2. The van der Waals surface area contributed by atoms with Crippen LogP contribution in [0.5, 0.6) is 11.6 Å². The van der Waals surface area contributed by atoms with Gasteiger partial charge in [-0.2, -0.15) is 28.5 Å². The van der Waals surface area contributed by atoms with Crippen LogP contribution in [0.3, 0.4) is 0 Å². The summed E-state index contributed by atoms with van der Waals surface area (Å²) in [6, 6.07) is 50.8. The molecule has 0 bridgehead atoms. The molecule has 0 radical (unpaired) electrons. The van der Waals surface area contributed by atoms with Crippen LogP contribution in [0.4, 0.5) is 13.2 Å². The number of aliphatic hydroxyl groups excluding tert-OH is 2. The molecule has 12 rings (SSSR count). The van der Waals surface area contributed by atoms with E-state index in [9.17, 15) is 23.4 Å². The fourth-order valence-corrected chi connectivity index (χ4v) is 7.83. The van der Waals surface area contributed by atoms with Crippen LogP contribution < -0.4 is 4.74 Å². The second-order valence-corrected chi connectivity index (χ2v) is 15.5. The number of furan rings is 1. The molecule has 0 saturated carbocycles. The summed E-state index contributed by atoms with van der Waals surface area (Å²) >= 11 is 0. The molecule has 0 saturated heterocycles. The minimum atomic E-state index is -4.42. The van der Waals surface area contributed by atoms with E-state index in [1.807, 2.05) is 133 Å². The molecule has 12 aromatic rings. The number of halogens is 3. The predicted octanol–water partition coefficient (Wildman–Crippen LogP) is 14.0. The average Bonchev–Trinajstić information content (AvgIpc) is 3.79. The largest absolute Gasteiger partial charge is 3.00 e. The first-order chi connectivity index (χ1) is 33.0. The molecular formula is C55H32F3IrN6O4. The van der Waals surface area contributed by atoms with Gasteiger partial charge in [-0.05, 0) is 114 Å². The van der Waals surface area contributed by atoms with Gasteiger partial charge in [0.15, 0.2) is 0 Å². The summed E-state index contributed by atoms with van der Waals surface area (Å²) in [7, 11) is 0. The van der Waals surface area contributed by atoms with Gasteiger partial charge in [-0.1, -0.05) is 120 Å². The second-order valence-electron chi connectivity index (χ2n) is 15.5. The molecule has 336 valence electrons. The molecule has 4 aromatic heterocycles. The maximum atomic E-state index is 12.9. The first kappa shape index (κ1) is 45.6. The van der Waals surface area contributed by atoms with Gasteiger partial charge in [-0.25, -0.2) is 23.4 Å². The molecule has 0 spiro atoms. The number of hydrogen-bond donors (Lipinski definition) is 2. The van der Waals surface area contributed by atoms with Crippen molar-refractivity contribution < 1.29 is 52.6 Å². The van der Waals surface area contributed by atoms with E-state index in [4.69, 9.17) is 22.3 Å². The molecule has 0 amide bonds. The number of hydrogen-bond acceptors (Lipinski definition) is 10. The summed E-state index contributed by atoms with van der Waals surface area (Å²) in [5, 5.41) is 54.7. The number of para-hydroxylation sites is 1. The molecule has 2 N–H and O–H groups in total. The Bertz CT molecular complexity index is 3760. The van der Waals surface area contributed by atoms with Gasteiger partial charge in [0.1, 0.15) is 5.75 Å². The molecule has 10 nitrogen and oxygen atoms in total. The molecule has 0 aliphatic carbocycles. The van der Waals surface area contributed by atoms with Crippen molar-refractivity contribution in [3.8, 4) is 23.1 Å². The van der Waals surface area contributed by atoms with Gasteiger partial charge in [-0.3, -0.25) is 0 Å². The second kappa shape index (κ2) is 19.0. The van der Waals surface area contributed by atoms with Crippen molar-refractivity contribution in [2.45, 2.75) is 6.18 Å². The quantitative estimate of drug-likeness (QED) is 0.0972. The van der Waals surface area contributed by atoms with Gasteiger partial charge in [-0.15, -0.1) is 22.6 Å². The number of benzene rings is 8. The SMILES string of the molecule is FC(F)(F)c1ccc(Oc2nnc(-c3[c-]c4ccccc4o3)c3cc4ccccc4cc23)cc1.[CH-]=C(O)c1nncc2cc3ccccc3cc12.[CH-]=C(O)c1nncc2cc3ccccc3cc12.[Ir+3]. The van der Waals surface area contributed by atoms with E-state index in [-0.39, 0.29) is 43.3 Å². The molecule has 8 aromatic carbocycles. The van der Waals surface area contributed by atoms with Crippen molar-refractivity contribution in [2.24, 2.45) is 0 Å². The van der Waals surface area contributed by atoms with Crippen LogP contribution in [-0.4, -0.2) is 40.8 Å². The molecule has 0 aliphatic heterocycles. The van der Waals surface area contributed by atoms with E-state index in [0.717, 1.165) is 76.8 Å². The number of rotatable bonds is 5. The van der Waals surface area contributed by atoms with Crippen molar-refractivity contribution in [3.63, 3.8) is 0 Å². The Morgan fingerprint density at radius 1 is 0.522 bits per heavy atom. The van der Waals surface area contributed by atoms with E-state index in [1.165, 1.54) is 12.1 Å². The first-order valence-electron chi connectivity index (χ1n) is 20.8. The van der Waals surface area contributed by atoms with Crippen LogP contribution in [0.1, 0.15) is 17.0 Å². The molecular weight excluding hydrogens is 1060 g/mol. The van der Waals surface area contributed by atoms with Crippen LogP contribution in [-0.2, 0) is 26.3 Å². The molecule has 4 heterocycles. The minimum Gasteiger partial charge on any atom is -0.544 e. The van der Waals surface area contributed by atoms with Gasteiger partial charge in [0.05, 0.1) is 29.4 Å². The maximum absolute atomic E-state index is 12.9. The Hall–Kier alpha value is -8.58. The Kier molecular flexibility index (Phi) is 12.5. The predicted molar refractivity (Wildman–Crippen MR) is 257 cm³/mol. The summed E-state index contributed by atoms with van der Waals surface area (Å²) in [6.45, 7) is 10.8. The summed E-state index contributed by atoms with van der Waals surface area (Å²) in [4.78, 5) is 0. The van der Waals surface area contributed by atoms with Gasteiger partial charge in [0.2, 0.25) is 5.88 Å². The molecule has 69 heavy (non-hydrogen) atoms. The van der Waals surface area contributed by atoms with Gasteiger partial charge < -0.3 is 19.4 Å². The van der Waals surface area contributed by atoms with E-state index in [1.54, 1.807) is 12.4 Å². The van der Waals surface area contributed by atoms with Gasteiger partial charge >= 0.3 is 26.3 Å². The van der Waals surface area contributed by atoms with E-state index < -0.39 is 11.7 Å². The fourth-order valence-electron chi connectivity index (χ4n) is 7.83. The Morgan fingerprint density at radius 3 is 1.45 bits per heavy atom. The van der Waals surface area contributed by atoms with Crippen LogP contribution in [0.15, 0.2) is 175 Å². The number of ether oxygens (including phenoxy) is 1. The zero-order chi connectivity index (χ0) is 46.9. The monoisotopic (exact) mass is 1090 g/mol. The number of nitrogens with zero attached hydrogens (tertiary/aromatic N) is 6. The molecule has 0 fully saturated rings. The van der Waals surface area contributed by atoms with Crippen molar-refractivity contribution in [3.05, 3.63) is 206 Å². The number of alkyl halides is 3. The van der Waals surface area contributed by atoms with E-state index >= 15 is 0 Å². The normalized spacial score (nSPS) is 11.2. The molecule has 0 atom stereocenters. The summed E-state index contributed by atoms with van der Waals surface area (Å²) < 4.78 is 50.6. The number of aromatic nitrogens is 6. The maximum Gasteiger partial charge on any atom is 3.00 e. The van der Waals surface area contributed by atoms with Crippen LogP contribution in [0, 0.1) is 19.2 Å². The Balaban J connectivity index is 0.000000142.